The van der Waals surface area contributed by atoms with Crippen molar-refractivity contribution >= 4 is 5.57 Å². The minimum absolute atomic E-state index is 0.760. The SMILES string of the molecule is CCCOc1ccccc1/C(C)=C/CCNCCOC. The molecule has 1 aromatic carbocycles. The van der Waals surface area contributed by atoms with Gasteiger partial charge in [0.1, 0.15) is 5.75 Å². The van der Waals surface area contributed by atoms with Gasteiger partial charge in [-0.05, 0) is 37.9 Å². The molecule has 112 valence electrons. The summed E-state index contributed by atoms with van der Waals surface area (Å²) in [6.45, 7) is 7.66. The molecule has 0 aromatic heterocycles. The van der Waals surface area contributed by atoms with E-state index in [4.69, 9.17) is 9.47 Å². The van der Waals surface area contributed by atoms with E-state index in [1.165, 1.54) is 11.1 Å². The maximum Gasteiger partial charge on any atom is 0.126 e. The predicted octanol–water partition coefficient (Wildman–Crippen LogP) is 3.50. The van der Waals surface area contributed by atoms with Gasteiger partial charge in [0.25, 0.3) is 0 Å². The summed E-state index contributed by atoms with van der Waals surface area (Å²) in [5.41, 5.74) is 2.46. The molecule has 0 atom stereocenters. The molecule has 0 spiro atoms. The average Bonchev–Trinajstić information content (AvgIpc) is 2.48. The third-order valence-corrected chi connectivity index (χ3v) is 3.03. The topological polar surface area (TPSA) is 30.5 Å². The summed E-state index contributed by atoms with van der Waals surface area (Å²) in [5.74, 6) is 0.982. The second-order valence-corrected chi connectivity index (χ2v) is 4.76. The van der Waals surface area contributed by atoms with E-state index < -0.39 is 0 Å². The smallest absolute Gasteiger partial charge is 0.126 e. The quantitative estimate of drug-likeness (QED) is 0.664. The Bertz CT molecular complexity index is 402. The molecule has 3 heteroatoms. The number of rotatable bonds is 10. The van der Waals surface area contributed by atoms with Crippen LogP contribution in [-0.4, -0.2) is 33.4 Å². The molecule has 0 saturated carbocycles. The van der Waals surface area contributed by atoms with Crippen molar-refractivity contribution in [1.29, 1.82) is 0 Å². The highest BCUT2D eigenvalue weighted by Gasteiger charge is 2.03. The van der Waals surface area contributed by atoms with Crippen LogP contribution in [0.25, 0.3) is 5.57 Å². The summed E-state index contributed by atoms with van der Waals surface area (Å²) < 4.78 is 10.8. The van der Waals surface area contributed by atoms with Crippen molar-refractivity contribution in [1.82, 2.24) is 5.32 Å². The highest BCUT2D eigenvalue weighted by Crippen LogP contribution is 2.25. The normalized spacial score (nSPS) is 11.7. The van der Waals surface area contributed by atoms with E-state index >= 15 is 0 Å². The third kappa shape index (κ3) is 6.22. The second kappa shape index (κ2) is 10.5. The zero-order valence-electron chi connectivity index (χ0n) is 12.9. The number of benzene rings is 1. The zero-order chi connectivity index (χ0) is 14.6. The van der Waals surface area contributed by atoms with Crippen LogP contribution in [0.4, 0.5) is 0 Å². The Morgan fingerprint density at radius 2 is 2.00 bits per heavy atom. The fourth-order valence-corrected chi connectivity index (χ4v) is 1.93. The molecule has 1 aromatic rings. The van der Waals surface area contributed by atoms with Gasteiger partial charge >= 0.3 is 0 Å². The van der Waals surface area contributed by atoms with Gasteiger partial charge < -0.3 is 14.8 Å². The number of allylic oxidation sites excluding steroid dienone is 1. The van der Waals surface area contributed by atoms with Gasteiger partial charge in [-0.15, -0.1) is 0 Å². The standard InChI is InChI=1S/C17H27NO2/c1-4-13-20-17-10-6-5-9-16(17)15(2)8-7-11-18-12-14-19-3/h5-6,8-10,18H,4,7,11-14H2,1-3H3/b15-8+. The number of hydrogen-bond acceptors (Lipinski definition) is 3. The Morgan fingerprint density at radius 1 is 1.20 bits per heavy atom. The summed E-state index contributed by atoms with van der Waals surface area (Å²) >= 11 is 0. The number of hydrogen-bond donors (Lipinski definition) is 1. The molecule has 0 bridgehead atoms. The summed E-state index contributed by atoms with van der Waals surface area (Å²) in [7, 11) is 1.72. The van der Waals surface area contributed by atoms with Crippen LogP contribution in [0.2, 0.25) is 0 Å². The van der Waals surface area contributed by atoms with Crippen LogP contribution in [0.5, 0.6) is 5.75 Å². The van der Waals surface area contributed by atoms with Crippen molar-refractivity contribution in [2.45, 2.75) is 26.7 Å². The first-order valence-corrected chi connectivity index (χ1v) is 7.38. The number of nitrogens with one attached hydrogen (secondary N) is 1. The van der Waals surface area contributed by atoms with Crippen LogP contribution in [0, 0.1) is 0 Å². The number of para-hydroxylation sites is 1. The summed E-state index contributed by atoms with van der Waals surface area (Å²) in [6, 6.07) is 8.24. The Hall–Kier alpha value is -1.32. The van der Waals surface area contributed by atoms with Crippen LogP contribution in [-0.2, 0) is 4.74 Å². The van der Waals surface area contributed by atoms with Gasteiger partial charge in [0, 0.05) is 19.2 Å². The molecule has 0 radical (unpaired) electrons. The van der Waals surface area contributed by atoms with Gasteiger partial charge in [-0.1, -0.05) is 31.2 Å². The molecule has 0 aliphatic heterocycles. The number of methoxy groups -OCH3 is 1. The van der Waals surface area contributed by atoms with E-state index in [0.29, 0.717) is 0 Å². The Kier molecular flexibility index (Phi) is 8.76. The molecule has 3 nitrogen and oxygen atoms in total. The second-order valence-electron chi connectivity index (χ2n) is 4.76. The van der Waals surface area contributed by atoms with Crippen LogP contribution in [0.3, 0.4) is 0 Å². The van der Waals surface area contributed by atoms with Crippen LogP contribution in [0.15, 0.2) is 30.3 Å². The molecule has 1 rings (SSSR count). The maximum absolute atomic E-state index is 5.79. The maximum atomic E-state index is 5.79. The lowest BCUT2D eigenvalue weighted by Gasteiger charge is -2.11. The Balaban J connectivity index is 2.50. The van der Waals surface area contributed by atoms with Crippen molar-refractivity contribution in [2.75, 3.05) is 33.4 Å². The van der Waals surface area contributed by atoms with Crippen LogP contribution in [0.1, 0.15) is 32.3 Å². The Labute approximate surface area is 123 Å². The lowest BCUT2D eigenvalue weighted by molar-refractivity contribution is 0.199. The highest BCUT2D eigenvalue weighted by molar-refractivity contribution is 5.68. The average molecular weight is 277 g/mol. The van der Waals surface area contributed by atoms with Crippen molar-refractivity contribution in [3.8, 4) is 5.75 Å². The van der Waals surface area contributed by atoms with Crippen molar-refractivity contribution in [3.63, 3.8) is 0 Å². The van der Waals surface area contributed by atoms with Crippen molar-refractivity contribution in [3.05, 3.63) is 35.9 Å². The number of ether oxygens (including phenoxy) is 2. The minimum Gasteiger partial charge on any atom is -0.493 e. The molecule has 0 saturated heterocycles. The molecule has 1 N–H and O–H groups in total. The highest BCUT2D eigenvalue weighted by atomic mass is 16.5. The van der Waals surface area contributed by atoms with Crippen LogP contribution >= 0.6 is 0 Å². The summed E-state index contributed by atoms with van der Waals surface area (Å²) in [5, 5.41) is 3.34. The van der Waals surface area contributed by atoms with Gasteiger partial charge in [-0.3, -0.25) is 0 Å². The van der Waals surface area contributed by atoms with Crippen LogP contribution < -0.4 is 10.1 Å². The molecule has 20 heavy (non-hydrogen) atoms. The fourth-order valence-electron chi connectivity index (χ4n) is 1.93. The van der Waals surface area contributed by atoms with Gasteiger partial charge in [-0.2, -0.15) is 0 Å². The fraction of sp³-hybridized carbons (Fsp3) is 0.529. The molecular weight excluding hydrogens is 250 g/mol. The lowest BCUT2D eigenvalue weighted by Crippen LogP contribution is -2.19. The minimum atomic E-state index is 0.760. The van der Waals surface area contributed by atoms with Crippen molar-refractivity contribution < 1.29 is 9.47 Å². The third-order valence-electron chi connectivity index (χ3n) is 3.03. The predicted molar refractivity (Wildman–Crippen MR) is 85.2 cm³/mol. The van der Waals surface area contributed by atoms with E-state index in [1.54, 1.807) is 7.11 Å². The molecule has 0 aliphatic carbocycles. The Morgan fingerprint density at radius 3 is 2.75 bits per heavy atom. The lowest BCUT2D eigenvalue weighted by atomic mass is 10.1. The first-order chi connectivity index (χ1) is 9.79. The summed E-state index contributed by atoms with van der Waals surface area (Å²) in [4.78, 5) is 0. The molecule has 0 heterocycles. The van der Waals surface area contributed by atoms with Gasteiger partial charge in [0.15, 0.2) is 0 Å². The molecule has 0 unspecified atom stereocenters. The monoisotopic (exact) mass is 277 g/mol. The molecular formula is C17H27NO2. The van der Waals surface area contributed by atoms with E-state index in [0.717, 1.165) is 44.9 Å². The van der Waals surface area contributed by atoms with Crippen molar-refractivity contribution in [2.24, 2.45) is 0 Å². The van der Waals surface area contributed by atoms with Gasteiger partial charge in [-0.25, -0.2) is 0 Å². The van der Waals surface area contributed by atoms with E-state index in [9.17, 15) is 0 Å². The molecule has 0 aliphatic rings. The first kappa shape index (κ1) is 16.7. The van der Waals surface area contributed by atoms with E-state index in [-0.39, 0.29) is 0 Å². The van der Waals surface area contributed by atoms with Gasteiger partial charge in [0.2, 0.25) is 0 Å². The first-order valence-electron chi connectivity index (χ1n) is 7.38. The van der Waals surface area contributed by atoms with E-state index in [2.05, 4.69) is 37.4 Å². The largest absolute Gasteiger partial charge is 0.493 e. The molecule has 0 fully saturated rings. The zero-order valence-corrected chi connectivity index (χ0v) is 12.9. The van der Waals surface area contributed by atoms with E-state index in [1.807, 2.05) is 12.1 Å². The van der Waals surface area contributed by atoms with Gasteiger partial charge in [0.05, 0.1) is 13.2 Å². The molecule has 0 amide bonds. The summed E-state index contributed by atoms with van der Waals surface area (Å²) in [6.07, 6.45) is 4.30.